The van der Waals surface area contributed by atoms with Gasteiger partial charge in [-0.3, -0.25) is 14.4 Å². The van der Waals surface area contributed by atoms with Crippen LogP contribution >= 0.6 is 11.3 Å². The number of likely N-dealkylation sites (tertiary alicyclic amines) is 1. The summed E-state index contributed by atoms with van der Waals surface area (Å²) in [6.07, 6.45) is 0.975. The van der Waals surface area contributed by atoms with E-state index in [1.165, 1.54) is 11.3 Å². The van der Waals surface area contributed by atoms with E-state index in [2.05, 4.69) is 5.32 Å². The van der Waals surface area contributed by atoms with E-state index in [0.29, 0.717) is 24.3 Å². The first-order valence-corrected chi connectivity index (χ1v) is 11.2. The molecule has 6 nitrogen and oxygen atoms in total. The Morgan fingerprint density at radius 2 is 1.97 bits per heavy atom. The minimum absolute atomic E-state index is 0.0498. The molecule has 3 heterocycles. The van der Waals surface area contributed by atoms with Crippen LogP contribution < -0.4 is 5.32 Å². The van der Waals surface area contributed by atoms with Gasteiger partial charge in [0.05, 0.1) is 11.0 Å². The molecular weight excluding hydrogens is 400 g/mol. The molecule has 1 N–H and O–H groups in total. The highest BCUT2D eigenvalue weighted by molar-refractivity contribution is 7.17. The number of ether oxygens (including phenoxy) is 1. The highest BCUT2D eigenvalue weighted by atomic mass is 32.1. The molecule has 2 amide bonds. The number of carbonyl (C=O) groups excluding carboxylic acids is 3. The number of hydrogen-bond acceptors (Lipinski definition) is 5. The van der Waals surface area contributed by atoms with Crippen molar-refractivity contribution in [1.82, 2.24) is 10.2 Å². The zero-order valence-electron chi connectivity index (χ0n) is 17.2. The molecule has 1 aromatic carbocycles. The highest BCUT2D eigenvalue weighted by Crippen LogP contribution is 2.30. The third-order valence-electron chi connectivity index (χ3n) is 5.59. The molecule has 2 saturated heterocycles. The second-order valence-electron chi connectivity index (χ2n) is 8.27. The number of amides is 2. The van der Waals surface area contributed by atoms with Crippen LogP contribution in [0, 0.1) is 5.92 Å². The summed E-state index contributed by atoms with van der Waals surface area (Å²) in [4.78, 5) is 41.6. The molecular formula is C23H26N2O4S. The maximum atomic E-state index is 13.3. The lowest BCUT2D eigenvalue weighted by Gasteiger charge is -2.28. The number of rotatable bonds is 6. The van der Waals surface area contributed by atoms with Crippen LogP contribution in [-0.4, -0.2) is 53.8 Å². The summed E-state index contributed by atoms with van der Waals surface area (Å²) in [6, 6.07) is 12.4. The average molecular weight is 427 g/mol. The summed E-state index contributed by atoms with van der Waals surface area (Å²) in [5, 5.41) is 2.93. The molecule has 30 heavy (non-hydrogen) atoms. The summed E-state index contributed by atoms with van der Waals surface area (Å²) in [7, 11) is 0. The van der Waals surface area contributed by atoms with E-state index in [4.69, 9.17) is 4.74 Å². The first-order valence-electron chi connectivity index (χ1n) is 10.3. The second kappa shape index (κ2) is 8.70. The molecule has 0 radical (unpaired) electrons. The number of thiophene rings is 1. The van der Waals surface area contributed by atoms with E-state index in [0.717, 1.165) is 10.4 Å². The zero-order valence-corrected chi connectivity index (χ0v) is 18.0. The molecule has 4 rings (SSSR count). The van der Waals surface area contributed by atoms with E-state index in [-0.39, 0.29) is 36.2 Å². The van der Waals surface area contributed by atoms with Crippen molar-refractivity contribution in [2.24, 2.45) is 5.92 Å². The number of nitrogens with one attached hydrogen (secondary N) is 1. The minimum Gasteiger partial charge on any atom is -0.368 e. The van der Waals surface area contributed by atoms with Crippen molar-refractivity contribution >= 4 is 28.9 Å². The first kappa shape index (κ1) is 20.8. The SMILES string of the molecule is CC(C)CC(NC(=O)c1ccc(-c2ccccc2)s1)C(=O)N1CCC2OCC(=O)C21. The average Bonchev–Trinajstić information content (AvgIpc) is 3.45. The van der Waals surface area contributed by atoms with E-state index in [1.54, 1.807) is 11.0 Å². The van der Waals surface area contributed by atoms with Crippen LogP contribution in [0.25, 0.3) is 10.4 Å². The molecule has 0 bridgehead atoms. The predicted molar refractivity (Wildman–Crippen MR) is 115 cm³/mol. The Bertz CT molecular complexity index is 940. The summed E-state index contributed by atoms with van der Waals surface area (Å²) in [6.45, 7) is 4.59. The van der Waals surface area contributed by atoms with E-state index in [1.807, 2.05) is 50.2 Å². The Balaban J connectivity index is 1.49. The molecule has 2 aromatic rings. The van der Waals surface area contributed by atoms with Gasteiger partial charge in [0.1, 0.15) is 18.7 Å². The van der Waals surface area contributed by atoms with Gasteiger partial charge < -0.3 is 15.0 Å². The van der Waals surface area contributed by atoms with Gasteiger partial charge in [-0.05, 0) is 36.5 Å². The van der Waals surface area contributed by atoms with Gasteiger partial charge in [0.25, 0.3) is 5.91 Å². The van der Waals surface area contributed by atoms with Crippen LogP contribution in [-0.2, 0) is 14.3 Å². The minimum atomic E-state index is -0.660. The molecule has 0 saturated carbocycles. The lowest BCUT2D eigenvalue weighted by atomic mass is 10.0. The van der Waals surface area contributed by atoms with Crippen molar-refractivity contribution in [3.8, 4) is 10.4 Å². The van der Waals surface area contributed by atoms with Gasteiger partial charge in [0, 0.05) is 11.4 Å². The van der Waals surface area contributed by atoms with Crippen LogP contribution in [0.4, 0.5) is 0 Å². The fraction of sp³-hybridized carbons (Fsp3) is 0.435. The van der Waals surface area contributed by atoms with Gasteiger partial charge in [-0.2, -0.15) is 0 Å². The summed E-state index contributed by atoms with van der Waals surface area (Å²) < 4.78 is 5.50. The third kappa shape index (κ3) is 4.18. The van der Waals surface area contributed by atoms with Gasteiger partial charge in [-0.15, -0.1) is 11.3 Å². The zero-order chi connectivity index (χ0) is 21.3. The fourth-order valence-electron chi connectivity index (χ4n) is 4.18. The molecule has 3 atom stereocenters. The van der Waals surface area contributed by atoms with Crippen molar-refractivity contribution in [2.45, 2.75) is 44.9 Å². The Morgan fingerprint density at radius 3 is 2.70 bits per heavy atom. The number of hydrogen-bond donors (Lipinski definition) is 1. The van der Waals surface area contributed by atoms with E-state index < -0.39 is 12.1 Å². The van der Waals surface area contributed by atoms with Gasteiger partial charge in [0.2, 0.25) is 5.91 Å². The number of nitrogens with zero attached hydrogens (tertiary/aromatic N) is 1. The van der Waals surface area contributed by atoms with Gasteiger partial charge >= 0.3 is 0 Å². The summed E-state index contributed by atoms with van der Waals surface area (Å²) in [5.41, 5.74) is 1.05. The predicted octanol–water partition coefficient (Wildman–Crippen LogP) is 3.13. The molecule has 2 fully saturated rings. The van der Waals surface area contributed by atoms with Gasteiger partial charge in [-0.1, -0.05) is 44.2 Å². The molecule has 0 aliphatic carbocycles. The Kier molecular flexibility index (Phi) is 6.01. The fourth-order valence-corrected chi connectivity index (χ4v) is 5.10. The topological polar surface area (TPSA) is 75.7 Å². The standard InChI is InChI=1S/C23H26N2O4S/c1-14(2)12-16(23(28)25-11-10-18-21(25)17(26)13-29-18)24-22(27)20-9-8-19(30-20)15-6-4-3-5-7-15/h3-9,14,16,18,21H,10-13H2,1-2H3,(H,24,27). The second-order valence-corrected chi connectivity index (χ2v) is 9.35. The Morgan fingerprint density at radius 1 is 1.20 bits per heavy atom. The number of ketones is 1. The normalized spacial score (nSPS) is 21.7. The largest absolute Gasteiger partial charge is 0.368 e. The molecule has 0 spiro atoms. The smallest absolute Gasteiger partial charge is 0.262 e. The van der Waals surface area contributed by atoms with Crippen LogP contribution in [0.3, 0.4) is 0 Å². The van der Waals surface area contributed by atoms with Crippen molar-refractivity contribution in [3.63, 3.8) is 0 Å². The van der Waals surface area contributed by atoms with Gasteiger partial charge in [0.15, 0.2) is 5.78 Å². The summed E-state index contributed by atoms with van der Waals surface area (Å²) >= 11 is 1.40. The van der Waals surface area contributed by atoms with Crippen molar-refractivity contribution in [2.75, 3.05) is 13.2 Å². The number of benzene rings is 1. The van der Waals surface area contributed by atoms with Crippen molar-refractivity contribution in [3.05, 3.63) is 47.3 Å². The summed E-state index contributed by atoms with van der Waals surface area (Å²) in [5.74, 6) is -0.281. The van der Waals surface area contributed by atoms with Crippen LogP contribution in [0.1, 0.15) is 36.4 Å². The van der Waals surface area contributed by atoms with E-state index in [9.17, 15) is 14.4 Å². The third-order valence-corrected chi connectivity index (χ3v) is 6.73. The number of fused-ring (bicyclic) bond motifs is 1. The van der Waals surface area contributed by atoms with Crippen LogP contribution in [0.5, 0.6) is 0 Å². The number of Topliss-reactive ketones (excluding diaryl/α,β-unsaturated/α-hetero) is 1. The monoisotopic (exact) mass is 426 g/mol. The molecule has 1 aromatic heterocycles. The van der Waals surface area contributed by atoms with Crippen LogP contribution in [0.15, 0.2) is 42.5 Å². The molecule has 7 heteroatoms. The Labute approximate surface area is 180 Å². The molecule has 3 unspecified atom stereocenters. The highest BCUT2D eigenvalue weighted by Gasteiger charge is 2.48. The molecule has 2 aliphatic rings. The quantitative estimate of drug-likeness (QED) is 0.770. The molecule has 2 aliphatic heterocycles. The maximum Gasteiger partial charge on any atom is 0.262 e. The number of carbonyl (C=O) groups is 3. The first-order chi connectivity index (χ1) is 14.4. The van der Waals surface area contributed by atoms with Gasteiger partial charge in [-0.25, -0.2) is 0 Å². The Hall–Kier alpha value is -2.51. The van der Waals surface area contributed by atoms with Crippen molar-refractivity contribution in [1.29, 1.82) is 0 Å². The van der Waals surface area contributed by atoms with Crippen molar-refractivity contribution < 1.29 is 19.1 Å². The van der Waals surface area contributed by atoms with Crippen LogP contribution in [0.2, 0.25) is 0 Å². The maximum absolute atomic E-state index is 13.3. The lowest BCUT2D eigenvalue weighted by Crippen LogP contribution is -2.52. The molecule has 158 valence electrons. The van der Waals surface area contributed by atoms with E-state index >= 15 is 0 Å². The lowest BCUT2D eigenvalue weighted by molar-refractivity contribution is -0.138.